The predicted octanol–water partition coefficient (Wildman–Crippen LogP) is 3.04. The van der Waals surface area contributed by atoms with Crippen molar-refractivity contribution in [3.05, 3.63) is 93.9 Å². The summed E-state index contributed by atoms with van der Waals surface area (Å²) >= 11 is 0. The summed E-state index contributed by atoms with van der Waals surface area (Å²) in [6, 6.07) is 19.5. The van der Waals surface area contributed by atoms with E-state index in [1.54, 1.807) is 19.3 Å². The van der Waals surface area contributed by atoms with Gasteiger partial charge in [0.25, 0.3) is 11.5 Å². The third-order valence-corrected chi connectivity index (χ3v) is 4.59. The normalized spacial score (nSPS) is 10.9. The second-order valence-corrected chi connectivity index (χ2v) is 7.14. The summed E-state index contributed by atoms with van der Waals surface area (Å²) < 4.78 is 1.44. The average Bonchev–Trinajstić information content (AvgIpc) is 2.68. The van der Waals surface area contributed by atoms with Crippen LogP contribution in [-0.2, 0) is 20.1 Å². The van der Waals surface area contributed by atoms with Gasteiger partial charge in [-0.1, -0.05) is 48.5 Å². The number of aromatic nitrogens is 1. The largest absolute Gasteiger partial charge is 0.348 e. The van der Waals surface area contributed by atoms with Crippen molar-refractivity contribution < 1.29 is 4.79 Å². The topological polar surface area (TPSA) is 54.3 Å². The Labute approximate surface area is 165 Å². The van der Waals surface area contributed by atoms with Gasteiger partial charge in [-0.3, -0.25) is 9.59 Å². The summed E-state index contributed by atoms with van der Waals surface area (Å²) in [7, 11) is 5.76. The van der Waals surface area contributed by atoms with E-state index < -0.39 is 0 Å². The van der Waals surface area contributed by atoms with Crippen molar-refractivity contribution in [3.8, 4) is 11.1 Å². The van der Waals surface area contributed by atoms with Crippen LogP contribution in [-0.4, -0.2) is 29.5 Å². The molecule has 2 aromatic carbocycles. The zero-order valence-corrected chi connectivity index (χ0v) is 16.5. The van der Waals surface area contributed by atoms with Crippen molar-refractivity contribution in [2.45, 2.75) is 13.1 Å². The number of aryl methyl sites for hydroxylation is 1. The summed E-state index contributed by atoms with van der Waals surface area (Å²) in [4.78, 5) is 26.3. The number of nitrogens with one attached hydrogen (secondary N) is 1. The van der Waals surface area contributed by atoms with E-state index in [0.29, 0.717) is 12.1 Å². The number of pyridine rings is 1. The lowest BCUT2D eigenvalue weighted by Gasteiger charge is -2.13. The van der Waals surface area contributed by atoms with E-state index in [2.05, 4.69) is 54.6 Å². The summed E-state index contributed by atoms with van der Waals surface area (Å²) in [5.74, 6) is -0.256. The highest BCUT2D eigenvalue weighted by molar-refractivity contribution is 5.94. The molecule has 1 heterocycles. The van der Waals surface area contributed by atoms with Gasteiger partial charge in [0, 0.05) is 38.0 Å². The van der Waals surface area contributed by atoms with Crippen LogP contribution in [0.1, 0.15) is 21.5 Å². The lowest BCUT2D eigenvalue weighted by molar-refractivity contribution is 0.0950. The molecule has 0 saturated carbocycles. The van der Waals surface area contributed by atoms with Gasteiger partial charge in [0.05, 0.1) is 0 Å². The molecule has 3 rings (SSSR count). The molecular formula is C23H25N3O2. The van der Waals surface area contributed by atoms with Crippen LogP contribution in [0.15, 0.2) is 71.7 Å². The Balaban J connectivity index is 1.76. The van der Waals surface area contributed by atoms with E-state index in [-0.39, 0.29) is 11.5 Å². The maximum atomic E-state index is 12.4. The van der Waals surface area contributed by atoms with Crippen LogP contribution in [0.3, 0.4) is 0 Å². The van der Waals surface area contributed by atoms with E-state index in [0.717, 1.165) is 23.2 Å². The average molecular weight is 375 g/mol. The first-order valence-electron chi connectivity index (χ1n) is 9.21. The molecule has 0 radical (unpaired) electrons. The molecule has 0 spiro atoms. The Morgan fingerprint density at radius 1 is 1.04 bits per heavy atom. The Morgan fingerprint density at radius 3 is 2.43 bits per heavy atom. The quantitative estimate of drug-likeness (QED) is 0.720. The van der Waals surface area contributed by atoms with Gasteiger partial charge in [-0.25, -0.2) is 0 Å². The highest BCUT2D eigenvalue weighted by Gasteiger charge is 2.09. The summed E-state index contributed by atoms with van der Waals surface area (Å²) in [6.45, 7) is 1.29. The Hall–Kier alpha value is -3.18. The molecule has 0 bridgehead atoms. The molecule has 0 aliphatic carbocycles. The molecule has 144 valence electrons. The van der Waals surface area contributed by atoms with Crippen LogP contribution in [0.2, 0.25) is 0 Å². The lowest BCUT2D eigenvalue weighted by Crippen LogP contribution is -2.25. The smallest absolute Gasteiger partial charge is 0.251 e. The standard InChI is InChI=1S/C23H25N3O2/c1-25(2)16-17-8-10-18(11-9-17)21-7-5-4-6-20(21)15-24-23(28)19-12-13-26(3)22(27)14-19/h4-14H,15-16H2,1-3H3,(H,24,28). The van der Waals surface area contributed by atoms with Crippen LogP contribution in [0.25, 0.3) is 11.1 Å². The summed E-state index contributed by atoms with van der Waals surface area (Å²) in [6.07, 6.45) is 1.60. The second-order valence-electron chi connectivity index (χ2n) is 7.14. The first kappa shape index (κ1) is 19.6. The van der Waals surface area contributed by atoms with Gasteiger partial charge in [-0.05, 0) is 42.4 Å². The van der Waals surface area contributed by atoms with Gasteiger partial charge in [-0.15, -0.1) is 0 Å². The summed E-state index contributed by atoms with van der Waals surface area (Å²) in [5, 5.41) is 2.92. The highest BCUT2D eigenvalue weighted by atomic mass is 16.2. The van der Waals surface area contributed by atoms with Gasteiger partial charge in [0.15, 0.2) is 0 Å². The summed E-state index contributed by atoms with van der Waals surface area (Å²) in [5.41, 5.74) is 4.65. The molecule has 0 unspecified atom stereocenters. The second kappa shape index (κ2) is 8.67. The fraction of sp³-hybridized carbons (Fsp3) is 0.217. The molecule has 28 heavy (non-hydrogen) atoms. The number of hydrogen-bond acceptors (Lipinski definition) is 3. The zero-order chi connectivity index (χ0) is 20.1. The van der Waals surface area contributed by atoms with E-state index in [4.69, 9.17) is 0 Å². The third-order valence-electron chi connectivity index (χ3n) is 4.59. The molecule has 0 saturated heterocycles. The lowest BCUT2D eigenvalue weighted by atomic mass is 9.98. The van der Waals surface area contributed by atoms with E-state index in [9.17, 15) is 9.59 Å². The minimum Gasteiger partial charge on any atom is -0.348 e. The minimum absolute atomic E-state index is 0.203. The first-order chi connectivity index (χ1) is 13.4. The number of amides is 1. The maximum Gasteiger partial charge on any atom is 0.251 e. The van der Waals surface area contributed by atoms with Gasteiger partial charge in [-0.2, -0.15) is 0 Å². The van der Waals surface area contributed by atoms with Crippen LogP contribution in [0, 0.1) is 0 Å². The molecule has 0 aliphatic rings. The molecule has 0 atom stereocenters. The fourth-order valence-electron chi connectivity index (χ4n) is 3.08. The van der Waals surface area contributed by atoms with Gasteiger partial charge in [0.1, 0.15) is 0 Å². The Kier molecular flexibility index (Phi) is 6.06. The van der Waals surface area contributed by atoms with Crippen LogP contribution in [0.4, 0.5) is 0 Å². The number of benzene rings is 2. The molecule has 1 N–H and O–H groups in total. The molecule has 5 nitrogen and oxygen atoms in total. The molecule has 1 amide bonds. The number of rotatable bonds is 6. The highest BCUT2D eigenvalue weighted by Crippen LogP contribution is 2.24. The van der Waals surface area contributed by atoms with Crippen molar-refractivity contribution in [2.24, 2.45) is 7.05 Å². The van der Waals surface area contributed by atoms with Crippen molar-refractivity contribution >= 4 is 5.91 Å². The van der Waals surface area contributed by atoms with Gasteiger partial charge >= 0.3 is 0 Å². The van der Waals surface area contributed by atoms with Crippen molar-refractivity contribution in [3.63, 3.8) is 0 Å². The molecule has 5 heteroatoms. The predicted molar refractivity (Wildman–Crippen MR) is 112 cm³/mol. The number of hydrogen-bond donors (Lipinski definition) is 1. The van der Waals surface area contributed by atoms with Crippen molar-refractivity contribution in [1.82, 2.24) is 14.8 Å². The first-order valence-corrected chi connectivity index (χ1v) is 9.21. The SMILES string of the molecule is CN(C)Cc1ccc(-c2ccccc2CNC(=O)c2ccn(C)c(=O)c2)cc1. The molecular weight excluding hydrogens is 350 g/mol. The van der Waals surface area contributed by atoms with Gasteiger partial charge < -0.3 is 14.8 Å². The fourth-order valence-corrected chi connectivity index (χ4v) is 3.08. The van der Waals surface area contributed by atoms with Gasteiger partial charge in [0.2, 0.25) is 0 Å². The van der Waals surface area contributed by atoms with Crippen molar-refractivity contribution in [2.75, 3.05) is 14.1 Å². The number of nitrogens with zero attached hydrogens (tertiary/aromatic N) is 2. The number of carbonyl (C=O) groups excluding carboxylic acids is 1. The van der Waals surface area contributed by atoms with E-state index >= 15 is 0 Å². The Bertz CT molecular complexity index is 1020. The van der Waals surface area contributed by atoms with E-state index in [1.165, 1.54) is 16.2 Å². The number of carbonyl (C=O) groups is 1. The zero-order valence-electron chi connectivity index (χ0n) is 16.5. The Morgan fingerprint density at radius 2 is 1.75 bits per heavy atom. The minimum atomic E-state index is -0.256. The molecule has 3 aromatic rings. The van der Waals surface area contributed by atoms with E-state index in [1.807, 2.05) is 18.2 Å². The third kappa shape index (κ3) is 4.75. The van der Waals surface area contributed by atoms with Crippen molar-refractivity contribution in [1.29, 1.82) is 0 Å². The molecule has 0 aliphatic heterocycles. The van der Waals surface area contributed by atoms with Crippen LogP contribution in [0.5, 0.6) is 0 Å². The maximum absolute atomic E-state index is 12.4. The van der Waals surface area contributed by atoms with Crippen LogP contribution < -0.4 is 10.9 Å². The molecule has 0 fully saturated rings. The molecule has 1 aromatic heterocycles. The monoisotopic (exact) mass is 375 g/mol. The van der Waals surface area contributed by atoms with Crippen LogP contribution >= 0.6 is 0 Å².